The monoisotopic (exact) mass is 346 g/mol. The predicted octanol–water partition coefficient (Wildman–Crippen LogP) is 4.80. The minimum Gasteiger partial charge on any atom is -0.489 e. The zero-order valence-corrected chi connectivity index (χ0v) is 13.6. The summed E-state index contributed by atoms with van der Waals surface area (Å²) >= 11 is 5.96. The molecule has 124 valence electrons. The molecule has 0 atom stereocenters. The van der Waals surface area contributed by atoms with E-state index in [9.17, 15) is 9.18 Å². The molecule has 24 heavy (non-hydrogen) atoms. The van der Waals surface area contributed by atoms with Crippen LogP contribution in [-0.2, 0) is 16.1 Å². The Bertz CT molecular complexity index is 756. The molecular formula is C19H16ClFO3. The zero-order chi connectivity index (χ0) is 17.4. The Morgan fingerprint density at radius 3 is 2.83 bits per heavy atom. The normalized spacial score (nSPS) is 10.6. The van der Waals surface area contributed by atoms with Crippen LogP contribution in [0.2, 0.25) is 5.02 Å². The van der Waals surface area contributed by atoms with Crippen LogP contribution in [0.5, 0.6) is 5.75 Å². The number of esters is 1. The average molecular weight is 347 g/mol. The Morgan fingerprint density at radius 1 is 1.25 bits per heavy atom. The summed E-state index contributed by atoms with van der Waals surface area (Å²) in [7, 11) is 0. The lowest BCUT2D eigenvalue weighted by molar-refractivity contribution is -0.136. The summed E-state index contributed by atoms with van der Waals surface area (Å²) in [6, 6.07) is 11.3. The number of rotatable bonds is 7. The van der Waals surface area contributed by atoms with E-state index >= 15 is 0 Å². The molecule has 0 aliphatic carbocycles. The fraction of sp³-hybridized carbons (Fsp3) is 0.105. The topological polar surface area (TPSA) is 35.5 Å². The molecule has 0 bridgehead atoms. The third-order valence-corrected chi connectivity index (χ3v) is 3.37. The van der Waals surface area contributed by atoms with E-state index in [-0.39, 0.29) is 19.0 Å². The summed E-state index contributed by atoms with van der Waals surface area (Å²) < 4.78 is 23.5. The van der Waals surface area contributed by atoms with Gasteiger partial charge in [0.25, 0.3) is 0 Å². The van der Waals surface area contributed by atoms with Gasteiger partial charge >= 0.3 is 5.97 Å². The van der Waals surface area contributed by atoms with Crippen molar-refractivity contribution in [2.75, 3.05) is 6.61 Å². The van der Waals surface area contributed by atoms with Crippen LogP contribution in [-0.4, -0.2) is 12.6 Å². The molecule has 0 heterocycles. The Labute approximate surface area is 145 Å². The molecule has 0 amide bonds. The van der Waals surface area contributed by atoms with Crippen LogP contribution in [0.3, 0.4) is 0 Å². The first-order chi connectivity index (χ1) is 11.6. The van der Waals surface area contributed by atoms with E-state index in [1.54, 1.807) is 30.3 Å². The van der Waals surface area contributed by atoms with Crippen LogP contribution < -0.4 is 4.74 Å². The highest BCUT2D eigenvalue weighted by Crippen LogP contribution is 2.21. The Morgan fingerprint density at radius 2 is 2.08 bits per heavy atom. The first kappa shape index (κ1) is 17.8. The minimum absolute atomic E-state index is 0.171. The summed E-state index contributed by atoms with van der Waals surface area (Å²) in [6.07, 6.45) is 4.46. The van der Waals surface area contributed by atoms with Gasteiger partial charge < -0.3 is 9.47 Å². The highest BCUT2D eigenvalue weighted by Gasteiger charge is 2.03. The van der Waals surface area contributed by atoms with Gasteiger partial charge in [-0.3, -0.25) is 0 Å². The number of ether oxygens (including phenoxy) is 2. The van der Waals surface area contributed by atoms with Crippen LogP contribution in [0.15, 0.2) is 61.2 Å². The summed E-state index contributed by atoms with van der Waals surface area (Å²) in [5.41, 5.74) is 1.47. The lowest BCUT2D eigenvalue weighted by Crippen LogP contribution is -1.99. The highest BCUT2D eigenvalue weighted by atomic mass is 35.5. The fourth-order valence-corrected chi connectivity index (χ4v) is 2.08. The van der Waals surface area contributed by atoms with Crippen LogP contribution >= 0.6 is 11.6 Å². The van der Waals surface area contributed by atoms with Gasteiger partial charge in [-0.25, -0.2) is 9.18 Å². The molecule has 0 saturated carbocycles. The van der Waals surface area contributed by atoms with Gasteiger partial charge in [-0.2, -0.15) is 0 Å². The van der Waals surface area contributed by atoms with Gasteiger partial charge in [-0.1, -0.05) is 42.5 Å². The molecule has 0 radical (unpaired) electrons. The largest absolute Gasteiger partial charge is 0.489 e. The first-order valence-corrected chi connectivity index (χ1v) is 7.59. The van der Waals surface area contributed by atoms with E-state index in [2.05, 4.69) is 6.58 Å². The van der Waals surface area contributed by atoms with Crippen molar-refractivity contribution in [3.63, 3.8) is 0 Å². The molecule has 2 rings (SSSR count). The van der Waals surface area contributed by atoms with Gasteiger partial charge in [0.2, 0.25) is 0 Å². The lowest BCUT2D eigenvalue weighted by Gasteiger charge is -2.08. The Balaban J connectivity index is 1.98. The highest BCUT2D eigenvalue weighted by molar-refractivity contribution is 6.31. The van der Waals surface area contributed by atoms with Crippen LogP contribution in [0.4, 0.5) is 4.39 Å². The van der Waals surface area contributed by atoms with Crippen molar-refractivity contribution in [2.24, 2.45) is 0 Å². The number of hydrogen-bond acceptors (Lipinski definition) is 3. The van der Waals surface area contributed by atoms with Gasteiger partial charge in [-0.15, -0.1) is 0 Å². The van der Waals surface area contributed by atoms with Crippen molar-refractivity contribution in [2.45, 2.75) is 6.61 Å². The maximum Gasteiger partial charge on any atom is 0.331 e. The molecule has 0 fully saturated rings. The molecule has 5 heteroatoms. The lowest BCUT2D eigenvalue weighted by atomic mass is 10.2. The quantitative estimate of drug-likeness (QED) is 0.410. The molecule has 0 aliphatic heterocycles. The van der Waals surface area contributed by atoms with Crippen molar-refractivity contribution in [3.8, 4) is 5.75 Å². The number of carbonyl (C=O) groups excluding carboxylic acids is 1. The van der Waals surface area contributed by atoms with E-state index in [1.165, 1.54) is 24.3 Å². The van der Waals surface area contributed by atoms with Crippen LogP contribution in [0, 0.1) is 5.82 Å². The predicted molar refractivity (Wildman–Crippen MR) is 92.4 cm³/mol. The van der Waals surface area contributed by atoms with E-state index < -0.39 is 5.97 Å². The molecule has 0 spiro atoms. The molecule has 0 aromatic heterocycles. The molecular weight excluding hydrogens is 331 g/mol. The summed E-state index contributed by atoms with van der Waals surface area (Å²) in [5.74, 6) is -0.226. The maximum absolute atomic E-state index is 13.0. The number of benzene rings is 2. The maximum atomic E-state index is 13.0. The van der Waals surface area contributed by atoms with Crippen molar-refractivity contribution in [3.05, 3.63) is 83.2 Å². The second-order valence-corrected chi connectivity index (χ2v) is 5.26. The molecule has 2 aromatic rings. The third kappa shape index (κ3) is 5.56. The molecule has 0 saturated heterocycles. The van der Waals surface area contributed by atoms with Crippen molar-refractivity contribution >= 4 is 23.6 Å². The number of halogens is 2. The van der Waals surface area contributed by atoms with Crippen molar-refractivity contribution in [1.29, 1.82) is 0 Å². The Kier molecular flexibility index (Phi) is 6.58. The fourth-order valence-electron chi connectivity index (χ4n) is 1.86. The first-order valence-electron chi connectivity index (χ1n) is 7.21. The van der Waals surface area contributed by atoms with Gasteiger partial charge in [0.15, 0.2) is 0 Å². The molecule has 3 nitrogen and oxygen atoms in total. The zero-order valence-electron chi connectivity index (χ0n) is 12.9. The average Bonchev–Trinajstić information content (AvgIpc) is 2.58. The van der Waals surface area contributed by atoms with Crippen LogP contribution in [0.25, 0.3) is 6.08 Å². The van der Waals surface area contributed by atoms with Gasteiger partial charge in [0.05, 0.1) is 5.02 Å². The summed E-state index contributed by atoms with van der Waals surface area (Å²) in [4.78, 5) is 11.4. The standard InChI is InChI=1S/C19H16ClFO3/c1-2-10-23-19(22)9-6-14-4-3-5-17(11-14)24-13-15-7-8-16(21)12-18(15)20/h2-9,11-12H,1,10,13H2/b9-6+. The van der Waals surface area contributed by atoms with Crippen LogP contribution in [0.1, 0.15) is 11.1 Å². The van der Waals surface area contributed by atoms with Gasteiger partial charge in [-0.05, 0) is 35.9 Å². The molecule has 0 unspecified atom stereocenters. The molecule has 0 N–H and O–H groups in total. The number of carbonyl (C=O) groups is 1. The summed E-state index contributed by atoms with van der Waals surface area (Å²) in [6.45, 7) is 3.86. The van der Waals surface area contributed by atoms with E-state index in [4.69, 9.17) is 21.1 Å². The third-order valence-electron chi connectivity index (χ3n) is 3.02. The smallest absolute Gasteiger partial charge is 0.331 e. The minimum atomic E-state index is -0.445. The second-order valence-electron chi connectivity index (χ2n) is 4.85. The van der Waals surface area contributed by atoms with Gasteiger partial charge in [0.1, 0.15) is 24.8 Å². The van der Waals surface area contributed by atoms with Crippen molar-refractivity contribution < 1.29 is 18.7 Å². The van der Waals surface area contributed by atoms with Gasteiger partial charge in [0, 0.05) is 11.6 Å². The SMILES string of the molecule is C=CCOC(=O)/C=C/c1cccc(OCc2ccc(F)cc2Cl)c1. The van der Waals surface area contributed by atoms with Crippen molar-refractivity contribution in [1.82, 2.24) is 0 Å². The summed E-state index contributed by atoms with van der Waals surface area (Å²) in [5, 5.41) is 0.316. The van der Waals surface area contributed by atoms with E-state index in [0.29, 0.717) is 16.3 Å². The number of hydrogen-bond donors (Lipinski definition) is 0. The molecule has 2 aromatic carbocycles. The van der Waals surface area contributed by atoms with E-state index in [1.807, 2.05) is 6.07 Å². The molecule has 0 aliphatic rings. The van der Waals surface area contributed by atoms with E-state index in [0.717, 1.165) is 5.56 Å². The Hall–Kier alpha value is -2.59. The second kappa shape index (κ2) is 8.89.